The van der Waals surface area contributed by atoms with E-state index in [0.717, 1.165) is 12.1 Å². The van der Waals surface area contributed by atoms with Crippen LogP contribution in [0.5, 0.6) is 0 Å². The van der Waals surface area contributed by atoms with Crippen LogP contribution in [0.25, 0.3) is 10.9 Å². The number of para-hydroxylation sites is 1. The van der Waals surface area contributed by atoms with Crippen molar-refractivity contribution in [1.82, 2.24) is 29.7 Å². The monoisotopic (exact) mass is 726 g/mol. The minimum absolute atomic E-state index is 0.00522. The van der Waals surface area contributed by atoms with Gasteiger partial charge in [-0.05, 0) is 45.1 Å². The minimum Gasteiger partial charge on any atom is -0.481 e. The first-order valence-corrected chi connectivity index (χ1v) is 18.8. The topological polar surface area (TPSA) is 137 Å². The van der Waals surface area contributed by atoms with E-state index < -0.39 is 5.97 Å². The van der Waals surface area contributed by atoms with E-state index in [0.29, 0.717) is 45.4 Å². The van der Waals surface area contributed by atoms with Crippen LogP contribution in [-0.4, -0.2) is 125 Å². The van der Waals surface area contributed by atoms with E-state index in [2.05, 4.69) is 79.0 Å². The molecule has 1 aromatic carbocycles. The molecule has 13 nitrogen and oxygen atoms in total. The molecule has 2 aliphatic heterocycles. The maximum Gasteiger partial charge on any atom is 0.305 e. The molecule has 1 aromatic heterocycles. The first-order valence-electron chi connectivity index (χ1n) is 18.8. The molecule has 1 fully saturated rings. The summed E-state index contributed by atoms with van der Waals surface area (Å²) < 4.78 is 13.4. The van der Waals surface area contributed by atoms with Gasteiger partial charge in [-0.1, -0.05) is 39.0 Å². The normalized spacial score (nSPS) is 17.7. The summed E-state index contributed by atoms with van der Waals surface area (Å²) in [4.78, 5) is 54.1. The van der Waals surface area contributed by atoms with Gasteiger partial charge in [0.15, 0.2) is 0 Å². The Labute approximate surface area is 309 Å². The second-order valence-corrected chi connectivity index (χ2v) is 16.3. The van der Waals surface area contributed by atoms with Gasteiger partial charge in [0.2, 0.25) is 17.7 Å². The summed E-state index contributed by atoms with van der Waals surface area (Å²) in [5.74, 6) is -1.08. The number of ether oxygens (including phenoxy) is 2. The quantitative estimate of drug-likeness (QED) is 0.241. The molecule has 290 valence electrons. The average Bonchev–Trinajstić information content (AvgIpc) is 3.36. The average molecular weight is 727 g/mol. The van der Waals surface area contributed by atoms with Crippen molar-refractivity contribution < 1.29 is 33.8 Å². The van der Waals surface area contributed by atoms with Crippen LogP contribution in [0, 0.1) is 5.41 Å². The number of aryl methyl sites for hydroxylation is 1. The Morgan fingerprint density at radius 1 is 0.885 bits per heavy atom. The number of carbonyl (C=O) groups excluding carboxylic acids is 3. The molecular weight excluding hydrogens is 664 g/mol. The van der Waals surface area contributed by atoms with E-state index >= 15 is 0 Å². The van der Waals surface area contributed by atoms with E-state index in [1.807, 2.05) is 30.6 Å². The number of amides is 3. The largest absolute Gasteiger partial charge is 0.481 e. The molecule has 0 spiro atoms. The van der Waals surface area contributed by atoms with Gasteiger partial charge in [-0.15, -0.1) is 0 Å². The zero-order chi connectivity index (χ0) is 38.2. The van der Waals surface area contributed by atoms with Crippen molar-refractivity contribution in [3.05, 3.63) is 35.5 Å². The number of benzene rings is 1. The molecule has 1 atom stereocenters. The maximum atomic E-state index is 13.7. The summed E-state index contributed by atoms with van der Waals surface area (Å²) in [6.07, 6.45) is 1.82. The molecule has 1 unspecified atom stereocenters. The number of aromatic nitrogens is 1. The lowest BCUT2D eigenvalue weighted by atomic mass is 9.80. The number of carboxylic acid groups (broad SMARTS) is 1. The highest BCUT2D eigenvalue weighted by atomic mass is 16.5. The fourth-order valence-corrected chi connectivity index (χ4v) is 7.61. The summed E-state index contributed by atoms with van der Waals surface area (Å²) in [6.45, 7) is 16.4. The third-order valence-corrected chi connectivity index (χ3v) is 10.0. The summed E-state index contributed by atoms with van der Waals surface area (Å²) in [7, 11) is 4.28. The number of fused-ring (bicyclic) bond motifs is 3. The molecule has 3 amide bonds. The van der Waals surface area contributed by atoms with Gasteiger partial charge in [-0.3, -0.25) is 19.2 Å². The van der Waals surface area contributed by atoms with Crippen molar-refractivity contribution in [1.29, 1.82) is 0 Å². The standard InChI is InChI=1S/C39H62N6O7/c1-38(2,3)37-36-29-11-9-10-12-30(29)45(31(36)27-41(7)42(37)8)21-17-33(47)43-19-15-28(16-20-43)44(22-24-52-26-25-51-23-18-35(49)50)34(48)14-13-32(46)40-39(4,5)6/h9-12,28,37H,13-27H2,1-8H3,(H,40,46)(H,49,50). The zero-order valence-electron chi connectivity index (χ0n) is 32.7. The van der Waals surface area contributed by atoms with Crippen LogP contribution in [0.1, 0.15) is 97.4 Å². The lowest BCUT2D eigenvalue weighted by Crippen LogP contribution is -2.50. The number of carboxylic acids is 1. The summed E-state index contributed by atoms with van der Waals surface area (Å²) in [6, 6.07) is 8.67. The van der Waals surface area contributed by atoms with Crippen molar-refractivity contribution in [3.8, 4) is 0 Å². The number of nitrogens with one attached hydrogen (secondary N) is 1. The van der Waals surface area contributed by atoms with Crippen molar-refractivity contribution in [2.75, 3.05) is 60.2 Å². The van der Waals surface area contributed by atoms with Gasteiger partial charge in [-0.2, -0.15) is 0 Å². The van der Waals surface area contributed by atoms with Gasteiger partial charge < -0.3 is 34.3 Å². The van der Waals surface area contributed by atoms with Crippen LogP contribution in [0.15, 0.2) is 24.3 Å². The van der Waals surface area contributed by atoms with Crippen LogP contribution < -0.4 is 5.32 Å². The van der Waals surface area contributed by atoms with Crippen molar-refractivity contribution in [3.63, 3.8) is 0 Å². The summed E-state index contributed by atoms with van der Waals surface area (Å²) in [5, 5.41) is 17.5. The summed E-state index contributed by atoms with van der Waals surface area (Å²) in [5.41, 5.74) is 3.41. The maximum absolute atomic E-state index is 13.7. The van der Waals surface area contributed by atoms with Crippen molar-refractivity contribution >= 4 is 34.6 Å². The third-order valence-electron chi connectivity index (χ3n) is 10.0. The van der Waals surface area contributed by atoms with Crippen LogP contribution in [0.4, 0.5) is 0 Å². The van der Waals surface area contributed by atoms with Gasteiger partial charge in [0.05, 0.1) is 45.4 Å². The second-order valence-electron chi connectivity index (χ2n) is 16.3. The first kappa shape index (κ1) is 41.2. The van der Waals surface area contributed by atoms with Crippen LogP contribution in [0.3, 0.4) is 0 Å². The van der Waals surface area contributed by atoms with E-state index in [1.54, 1.807) is 0 Å². The lowest BCUT2D eigenvalue weighted by molar-refractivity contribution is -0.139. The fourth-order valence-electron chi connectivity index (χ4n) is 7.61. The van der Waals surface area contributed by atoms with E-state index in [4.69, 9.17) is 14.6 Å². The predicted octanol–water partition coefficient (Wildman–Crippen LogP) is 4.43. The molecule has 0 saturated carbocycles. The molecule has 0 aliphatic carbocycles. The zero-order valence-corrected chi connectivity index (χ0v) is 32.7. The molecular formula is C39H62N6O7. The Bertz CT molecular complexity index is 1540. The van der Waals surface area contributed by atoms with Gasteiger partial charge in [0.25, 0.3) is 0 Å². The van der Waals surface area contributed by atoms with E-state index in [9.17, 15) is 19.2 Å². The van der Waals surface area contributed by atoms with Gasteiger partial charge in [-0.25, -0.2) is 10.0 Å². The number of aliphatic carboxylic acids is 1. The molecule has 2 N–H and O–H groups in total. The first-order chi connectivity index (χ1) is 24.5. The lowest BCUT2D eigenvalue weighted by Gasteiger charge is -2.46. The van der Waals surface area contributed by atoms with E-state index in [-0.39, 0.29) is 86.4 Å². The smallest absolute Gasteiger partial charge is 0.305 e. The molecule has 52 heavy (non-hydrogen) atoms. The Morgan fingerprint density at radius 3 is 2.17 bits per heavy atom. The Kier molecular flexibility index (Phi) is 14.3. The van der Waals surface area contributed by atoms with Crippen LogP contribution in [-0.2, 0) is 41.7 Å². The second kappa shape index (κ2) is 18.0. The molecule has 13 heteroatoms. The Balaban J connectivity index is 1.37. The molecule has 2 aliphatic rings. The highest BCUT2D eigenvalue weighted by molar-refractivity contribution is 5.87. The Morgan fingerprint density at radius 2 is 1.54 bits per heavy atom. The number of piperidine rings is 1. The van der Waals surface area contributed by atoms with Gasteiger partial charge >= 0.3 is 5.97 Å². The number of likely N-dealkylation sites (tertiary alicyclic amines) is 1. The third kappa shape index (κ3) is 11.0. The number of hydrogen-bond donors (Lipinski definition) is 2. The minimum atomic E-state index is -0.914. The fraction of sp³-hybridized carbons (Fsp3) is 0.692. The van der Waals surface area contributed by atoms with Crippen LogP contribution >= 0.6 is 0 Å². The highest BCUT2D eigenvalue weighted by Crippen LogP contribution is 2.46. The molecule has 0 radical (unpaired) electrons. The molecule has 1 saturated heterocycles. The molecule has 2 aromatic rings. The van der Waals surface area contributed by atoms with Gasteiger partial charge in [0.1, 0.15) is 0 Å². The molecule has 4 rings (SSSR count). The molecule has 0 bridgehead atoms. The Hall–Kier alpha value is -3.52. The van der Waals surface area contributed by atoms with Crippen molar-refractivity contribution in [2.24, 2.45) is 5.41 Å². The number of rotatable bonds is 16. The SMILES string of the molecule is CN1Cc2c(c3ccccc3n2CCC(=O)N2CCC(N(CCOCCOCCC(=O)O)C(=O)CCC(=O)NC(C)(C)C)CC2)C(C(C)(C)C)N1C. The number of carbonyl (C=O) groups is 4. The number of hydrogen-bond acceptors (Lipinski definition) is 8. The number of hydrazine groups is 1. The van der Waals surface area contributed by atoms with E-state index in [1.165, 1.54) is 16.6 Å². The molecule has 3 heterocycles. The van der Waals surface area contributed by atoms with Gasteiger partial charge in [0, 0.05) is 93.3 Å². The highest BCUT2D eigenvalue weighted by Gasteiger charge is 2.40. The van der Waals surface area contributed by atoms with Crippen molar-refractivity contribution in [2.45, 2.75) is 111 Å². The predicted molar refractivity (Wildman–Crippen MR) is 200 cm³/mol. The summed E-state index contributed by atoms with van der Waals surface area (Å²) >= 11 is 0. The number of nitrogens with zero attached hydrogens (tertiary/aromatic N) is 5. The van der Waals surface area contributed by atoms with Crippen LogP contribution in [0.2, 0.25) is 0 Å².